The summed E-state index contributed by atoms with van der Waals surface area (Å²) in [6, 6.07) is 0. The largest absolute Gasteiger partial charge is 0.103 e. The Morgan fingerprint density at radius 3 is 1.09 bits per heavy atom. The van der Waals surface area contributed by atoms with Crippen molar-refractivity contribution in [1.82, 2.24) is 0 Å². The van der Waals surface area contributed by atoms with E-state index in [9.17, 15) is 0 Å². The van der Waals surface area contributed by atoms with E-state index in [0.29, 0.717) is 0 Å². The molecule has 0 radical (unpaired) electrons. The lowest BCUT2D eigenvalue weighted by molar-refractivity contribution is 1.06. The summed E-state index contributed by atoms with van der Waals surface area (Å²) in [5.41, 5.74) is 0. The first-order valence-corrected chi connectivity index (χ1v) is 3.77. The molecule has 0 amide bonds. The Kier molecular flexibility index (Phi) is 18.3. The molecule has 0 spiro atoms. The molecule has 11 heavy (non-hydrogen) atoms. The van der Waals surface area contributed by atoms with E-state index in [-0.39, 0.29) is 0 Å². The molecule has 0 heteroatoms. The highest BCUT2D eigenvalue weighted by atomic mass is 13.7. The summed E-state index contributed by atoms with van der Waals surface area (Å²) in [5, 5.41) is 0. The van der Waals surface area contributed by atoms with Gasteiger partial charge in [-0.05, 0) is 19.3 Å². The molecule has 0 fully saturated rings. The Morgan fingerprint density at radius 1 is 0.636 bits per heavy atom. The molecule has 0 aromatic carbocycles. The second kappa shape index (κ2) is 16.0. The third-order valence-electron chi connectivity index (χ3n) is 0.908. The highest BCUT2D eigenvalue weighted by Crippen LogP contribution is 1.86. The number of hydrogen-bond acceptors (Lipinski definition) is 0. The van der Waals surface area contributed by atoms with E-state index in [0.717, 1.165) is 19.3 Å². The van der Waals surface area contributed by atoms with Crippen molar-refractivity contribution in [3.63, 3.8) is 0 Å². The fourth-order valence-corrected chi connectivity index (χ4v) is 0.354. The molecule has 0 saturated carbocycles. The number of rotatable bonds is 5. The maximum absolute atomic E-state index is 3.55. The smallest absolute Gasteiger partial charge is 0.0175 e. The zero-order chi connectivity index (χ0) is 8.95. The topological polar surface area (TPSA) is 0 Å². The van der Waals surface area contributed by atoms with E-state index in [2.05, 4.69) is 26.3 Å². The summed E-state index contributed by atoms with van der Waals surface area (Å²) in [6.07, 6.45) is 10.4. The van der Waals surface area contributed by atoms with Crippen LogP contribution in [-0.2, 0) is 0 Å². The highest BCUT2D eigenvalue weighted by Gasteiger charge is 1.66. The Hall–Kier alpha value is -1.04. The molecule has 62 valence electrons. The summed E-state index contributed by atoms with van der Waals surface area (Å²) in [5.74, 6) is 0. The SMILES string of the molecule is C=CCC=C.C=CCCC=C. The van der Waals surface area contributed by atoms with Gasteiger partial charge in [0.15, 0.2) is 0 Å². The van der Waals surface area contributed by atoms with Crippen molar-refractivity contribution in [3.8, 4) is 0 Å². The lowest BCUT2D eigenvalue weighted by Gasteiger charge is -1.76. The van der Waals surface area contributed by atoms with Gasteiger partial charge in [-0.15, -0.1) is 26.3 Å². The molecule has 0 bridgehead atoms. The zero-order valence-corrected chi connectivity index (χ0v) is 7.26. The van der Waals surface area contributed by atoms with Gasteiger partial charge in [-0.3, -0.25) is 0 Å². The van der Waals surface area contributed by atoms with Crippen LogP contribution in [-0.4, -0.2) is 0 Å². The molecule has 0 aliphatic carbocycles. The van der Waals surface area contributed by atoms with E-state index < -0.39 is 0 Å². The third-order valence-corrected chi connectivity index (χ3v) is 0.908. The second-order valence-electron chi connectivity index (χ2n) is 1.97. The van der Waals surface area contributed by atoms with E-state index in [1.54, 1.807) is 0 Å². The molecule has 0 aliphatic heterocycles. The molecule has 0 saturated heterocycles. The number of unbranched alkanes of at least 4 members (excludes halogenated alkanes) is 1. The van der Waals surface area contributed by atoms with E-state index in [4.69, 9.17) is 0 Å². The molecule has 0 aromatic heterocycles. The van der Waals surface area contributed by atoms with Crippen LogP contribution in [0, 0.1) is 0 Å². The van der Waals surface area contributed by atoms with E-state index in [1.165, 1.54) is 0 Å². The van der Waals surface area contributed by atoms with Crippen molar-refractivity contribution in [3.05, 3.63) is 50.6 Å². The van der Waals surface area contributed by atoms with Crippen molar-refractivity contribution in [2.75, 3.05) is 0 Å². The van der Waals surface area contributed by atoms with Gasteiger partial charge in [0.1, 0.15) is 0 Å². The van der Waals surface area contributed by atoms with Crippen molar-refractivity contribution in [1.29, 1.82) is 0 Å². The van der Waals surface area contributed by atoms with Crippen LogP contribution in [0.25, 0.3) is 0 Å². The molecule has 0 aromatic rings. The van der Waals surface area contributed by atoms with E-state index >= 15 is 0 Å². The van der Waals surface area contributed by atoms with Crippen LogP contribution >= 0.6 is 0 Å². The van der Waals surface area contributed by atoms with Crippen LogP contribution in [0.4, 0.5) is 0 Å². The lowest BCUT2D eigenvalue weighted by atomic mass is 10.3. The van der Waals surface area contributed by atoms with Gasteiger partial charge in [0.05, 0.1) is 0 Å². The van der Waals surface area contributed by atoms with Crippen molar-refractivity contribution >= 4 is 0 Å². The Bertz CT molecular complexity index is 95.2. The maximum Gasteiger partial charge on any atom is -0.0175 e. The summed E-state index contributed by atoms with van der Waals surface area (Å²) < 4.78 is 0. The molecule has 0 rings (SSSR count). The Morgan fingerprint density at radius 2 is 1.00 bits per heavy atom. The first-order chi connectivity index (χ1) is 5.33. The van der Waals surface area contributed by atoms with Gasteiger partial charge in [-0.25, -0.2) is 0 Å². The molecular weight excluding hydrogens is 132 g/mol. The fourth-order valence-electron chi connectivity index (χ4n) is 0.354. The highest BCUT2D eigenvalue weighted by molar-refractivity contribution is 4.79. The molecule has 0 aliphatic rings. The average molecular weight is 150 g/mol. The number of hydrogen-bond donors (Lipinski definition) is 0. The van der Waals surface area contributed by atoms with Crippen LogP contribution in [0.15, 0.2) is 50.6 Å². The average Bonchev–Trinajstić information content (AvgIpc) is 2.04. The molecule has 0 atom stereocenters. The minimum atomic E-state index is 0.917. The Balaban J connectivity index is 0. The fraction of sp³-hybridized carbons (Fsp3) is 0.273. The normalized spacial score (nSPS) is 6.91. The van der Waals surface area contributed by atoms with Crippen LogP contribution in [0.2, 0.25) is 0 Å². The molecule has 0 nitrogen and oxygen atoms in total. The minimum absolute atomic E-state index is 0.917. The second-order valence-corrected chi connectivity index (χ2v) is 1.97. The van der Waals surface area contributed by atoms with Gasteiger partial charge in [0, 0.05) is 0 Å². The first kappa shape index (κ1) is 12.6. The molecular formula is C11H18. The zero-order valence-electron chi connectivity index (χ0n) is 7.26. The van der Waals surface area contributed by atoms with Crippen molar-refractivity contribution < 1.29 is 0 Å². The summed E-state index contributed by atoms with van der Waals surface area (Å²) in [6.45, 7) is 14.1. The van der Waals surface area contributed by atoms with Gasteiger partial charge in [0.2, 0.25) is 0 Å². The predicted molar refractivity (Wildman–Crippen MR) is 54.6 cm³/mol. The summed E-state index contributed by atoms with van der Waals surface area (Å²) in [4.78, 5) is 0. The lowest BCUT2D eigenvalue weighted by Crippen LogP contribution is -1.56. The predicted octanol–water partition coefficient (Wildman–Crippen LogP) is 3.89. The van der Waals surface area contributed by atoms with Crippen LogP contribution in [0.5, 0.6) is 0 Å². The first-order valence-electron chi connectivity index (χ1n) is 3.77. The summed E-state index contributed by atoms with van der Waals surface area (Å²) in [7, 11) is 0. The van der Waals surface area contributed by atoms with Gasteiger partial charge in [-0.2, -0.15) is 0 Å². The molecule has 0 heterocycles. The monoisotopic (exact) mass is 150 g/mol. The van der Waals surface area contributed by atoms with Crippen molar-refractivity contribution in [2.24, 2.45) is 0 Å². The van der Waals surface area contributed by atoms with Gasteiger partial charge in [-0.1, -0.05) is 24.3 Å². The standard InChI is InChI=1S/C6H10.C5H8/c1-3-5-6-4-2;1-3-5-4-2/h3-4H,1-2,5-6H2;3-4H,1-2,5H2. The van der Waals surface area contributed by atoms with E-state index in [1.807, 2.05) is 24.3 Å². The van der Waals surface area contributed by atoms with Crippen LogP contribution < -0.4 is 0 Å². The minimum Gasteiger partial charge on any atom is -0.103 e. The van der Waals surface area contributed by atoms with Crippen molar-refractivity contribution in [2.45, 2.75) is 19.3 Å². The Labute approximate surface area is 70.6 Å². The molecule has 0 unspecified atom stereocenters. The van der Waals surface area contributed by atoms with Gasteiger partial charge in [0.25, 0.3) is 0 Å². The molecule has 0 N–H and O–H groups in total. The van der Waals surface area contributed by atoms with Crippen LogP contribution in [0.3, 0.4) is 0 Å². The maximum atomic E-state index is 3.55. The number of allylic oxidation sites excluding steroid dienone is 4. The van der Waals surface area contributed by atoms with Gasteiger partial charge < -0.3 is 0 Å². The quantitative estimate of drug-likeness (QED) is 0.412. The van der Waals surface area contributed by atoms with Gasteiger partial charge >= 0.3 is 0 Å². The van der Waals surface area contributed by atoms with Crippen LogP contribution in [0.1, 0.15) is 19.3 Å². The summed E-state index contributed by atoms with van der Waals surface area (Å²) >= 11 is 0. The third kappa shape index (κ3) is 27.7.